The molecule has 3 aromatic rings. The molecule has 136 valence electrons. The van der Waals surface area contributed by atoms with E-state index in [1.807, 2.05) is 41.2 Å². The molecule has 2 aromatic heterocycles. The van der Waals surface area contributed by atoms with Crippen LogP contribution >= 0.6 is 11.3 Å². The van der Waals surface area contributed by atoms with Crippen molar-refractivity contribution in [2.45, 2.75) is 20.0 Å². The van der Waals surface area contributed by atoms with Gasteiger partial charge in [-0.2, -0.15) is 5.10 Å². The Morgan fingerprint density at radius 2 is 1.88 bits per heavy atom. The number of benzene rings is 1. The Morgan fingerprint density at radius 3 is 2.54 bits per heavy atom. The summed E-state index contributed by atoms with van der Waals surface area (Å²) < 4.78 is 7.03. The minimum absolute atomic E-state index is 0.603. The Bertz CT molecular complexity index is 866. The Hall–Kier alpha value is -2.80. The first-order valence-corrected chi connectivity index (χ1v) is 9.18. The molecule has 2 heterocycles. The van der Waals surface area contributed by atoms with Crippen LogP contribution in [0.15, 0.2) is 53.7 Å². The van der Waals surface area contributed by atoms with E-state index in [-0.39, 0.29) is 0 Å². The van der Waals surface area contributed by atoms with E-state index in [1.165, 1.54) is 9.75 Å². The highest BCUT2D eigenvalue weighted by atomic mass is 32.1. The number of aromatic nitrogens is 2. The van der Waals surface area contributed by atoms with Crippen LogP contribution in [-0.2, 0) is 13.1 Å². The normalized spacial score (nSPS) is 11.4. The van der Waals surface area contributed by atoms with E-state index in [4.69, 9.17) is 4.74 Å². The van der Waals surface area contributed by atoms with E-state index in [2.05, 4.69) is 39.8 Å². The van der Waals surface area contributed by atoms with Gasteiger partial charge in [-0.05, 0) is 49.4 Å². The van der Waals surface area contributed by atoms with Crippen molar-refractivity contribution in [3.63, 3.8) is 0 Å². The van der Waals surface area contributed by atoms with Crippen LogP contribution in [0.25, 0.3) is 5.69 Å². The highest BCUT2D eigenvalue weighted by molar-refractivity contribution is 7.11. The summed E-state index contributed by atoms with van der Waals surface area (Å²) in [6.07, 6.45) is 1.95. The van der Waals surface area contributed by atoms with Gasteiger partial charge in [0, 0.05) is 23.0 Å². The summed E-state index contributed by atoms with van der Waals surface area (Å²) in [5.41, 5.74) is 1.93. The highest BCUT2D eigenvalue weighted by Crippen LogP contribution is 2.15. The van der Waals surface area contributed by atoms with E-state index in [0.29, 0.717) is 6.54 Å². The van der Waals surface area contributed by atoms with Gasteiger partial charge in [0.15, 0.2) is 5.96 Å². The maximum absolute atomic E-state index is 5.18. The second-order valence-corrected chi connectivity index (χ2v) is 7.11. The van der Waals surface area contributed by atoms with Gasteiger partial charge >= 0.3 is 0 Å². The summed E-state index contributed by atoms with van der Waals surface area (Å²) in [5.74, 6) is 1.59. The van der Waals surface area contributed by atoms with Crippen LogP contribution in [0.1, 0.15) is 15.4 Å². The van der Waals surface area contributed by atoms with Crippen molar-refractivity contribution in [2.75, 3.05) is 14.2 Å². The molecule has 0 fully saturated rings. The third kappa shape index (κ3) is 4.64. The smallest absolute Gasteiger partial charge is 0.191 e. The fraction of sp³-hybridized carbons (Fsp3) is 0.263. The van der Waals surface area contributed by atoms with E-state index in [1.54, 1.807) is 25.5 Å². The first kappa shape index (κ1) is 18.0. The Morgan fingerprint density at radius 1 is 1.12 bits per heavy atom. The zero-order valence-electron chi connectivity index (χ0n) is 15.2. The average molecular weight is 369 g/mol. The van der Waals surface area contributed by atoms with Gasteiger partial charge < -0.3 is 15.4 Å². The summed E-state index contributed by atoms with van der Waals surface area (Å²) in [7, 11) is 3.43. The van der Waals surface area contributed by atoms with Crippen LogP contribution < -0.4 is 15.4 Å². The molecule has 0 saturated heterocycles. The number of ether oxygens (including phenoxy) is 1. The third-order valence-corrected chi connectivity index (χ3v) is 4.87. The molecule has 0 atom stereocenters. The molecule has 0 amide bonds. The predicted octanol–water partition coefficient (Wildman–Crippen LogP) is 3.12. The summed E-state index contributed by atoms with van der Waals surface area (Å²) in [4.78, 5) is 6.86. The topological polar surface area (TPSA) is 63.5 Å². The summed E-state index contributed by atoms with van der Waals surface area (Å²) in [5, 5.41) is 11.2. The number of methoxy groups -OCH3 is 1. The van der Waals surface area contributed by atoms with Gasteiger partial charge in [-0.25, -0.2) is 4.68 Å². The molecule has 0 unspecified atom stereocenters. The molecule has 2 N–H and O–H groups in total. The molecule has 0 spiro atoms. The molecular formula is C19H23N5OS. The lowest BCUT2D eigenvalue weighted by Gasteiger charge is -2.10. The van der Waals surface area contributed by atoms with Crippen LogP contribution in [0.5, 0.6) is 5.75 Å². The van der Waals surface area contributed by atoms with Gasteiger partial charge in [0.25, 0.3) is 0 Å². The molecule has 0 saturated carbocycles. The Balaban J connectivity index is 1.54. The number of guanidine groups is 1. The largest absolute Gasteiger partial charge is 0.497 e. The number of hydrogen-bond donors (Lipinski definition) is 2. The van der Waals surface area contributed by atoms with Crippen molar-refractivity contribution < 1.29 is 4.74 Å². The Kier molecular flexibility index (Phi) is 5.91. The van der Waals surface area contributed by atoms with E-state index in [0.717, 1.165) is 29.6 Å². The first-order chi connectivity index (χ1) is 12.7. The van der Waals surface area contributed by atoms with Gasteiger partial charge in [-0.1, -0.05) is 0 Å². The molecule has 6 nitrogen and oxygen atoms in total. The molecule has 0 radical (unpaired) electrons. The van der Waals surface area contributed by atoms with Crippen LogP contribution in [-0.4, -0.2) is 29.9 Å². The fourth-order valence-corrected chi connectivity index (χ4v) is 3.31. The predicted molar refractivity (Wildman–Crippen MR) is 106 cm³/mol. The maximum atomic E-state index is 5.18. The molecule has 1 aromatic carbocycles. The summed E-state index contributed by atoms with van der Waals surface area (Å²) in [6, 6.07) is 14.1. The van der Waals surface area contributed by atoms with Crippen molar-refractivity contribution in [1.29, 1.82) is 0 Å². The lowest BCUT2D eigenvalue weighted by Crippen LogP contribution is -2.36. The van der Waals surface area contributed by atoms with E-state index >= 15 is 0 Å². The summed E-state index contributed by atoms with van der Waals surface area (Å²) in [6.45, 7) is 3.48. The number of rotatable bonds is 6. The first-order valence-electron chi connectivity index (χ1n) is 8.37. The number of nitrogens with one attached hydrogen (secondary N) is 2. The number of aryl methyl sites for hydroxylation is 1. The molecule has 3 rings (SSSR count). The van der Waals surface area contributed by atoms with Crippen LogP contribution in [0, 0.1) is 6.92 Å². The SMILES string of the molecule is CN=C(NCc1ccn(-c2ccc(OC)cc2)n1)NCc1ccc(C)s1. The molecule has 26 heavy (non-hydrogen) atoms. The van der Waals surface area contributed by atoms with Gasteiger partial charge in [0.1, 0.15) is 5.75 Å². The lowest BCUT2D eigenvalue weighted by atomic mass is 10.3. The third-order valence-electron chi connectivity index (χ3n) is 3.87. The zero-order valence-corrected chi connectivity index (χ0v) is 16.0. The minimum Gasteiger partial charge on any atom is -0.497 e. The maximum Gasteiger partial charge on any atom is 0.191 e. The molecular weight excluding hydrogens is 346 g/mol. The molecule has 0 bridgehead atoms. The lowest BCUT2D eigenvalue weighted by molar-refractivity contribution is 0.414. The molecule has 0 aliphatic heterocycles. The number of thiophene rings is 1. The van der Waals surface area contributed by atoms with Crippen molar-refractivity contribution in [3.8, 4) is 11.4 Å². The minimum atomic E-state index is 0.603. The van der Waals surface area contributed by atoms with Crippen LogP contribution in [0.3, 0.4) is 0 Å². The second-order valence-electron chi connectivity index (χ2n) is 5.74. The van der Waals surface area contributed by atoms with Gasteiger partial charge in [0.2, 0.25) is 0 Å². The molecule has 0 aliphatic rings. The van der Waals surface area contributed by atoms with Crippen molar-refractivity contribution in [2.24, 2.45) is 4.99 Å². The molecule has 7 heteroatoms. The van der Waals surface area contributed by atoms with Crippen LogP contribution in [0.2, 0.25) is 0 Å². The van der Waals surface area contributed by atoms with Gasteiger partial charge in [-0.3, -0.25) is 4.99 Å². The monoisotopic (exact) mass is 369 g/mol. The average Bonchev–Trinajstić information content (AvgIpc) is 3.31. The fourth-order valence-electron chi connectivity index (χ4n) is 2.48. The van der Waals surface area contributed by atoms with Crippen molar-refractivity contribution >= 4 is 17.3 Å². The standard InChI is InChI=1S/C19H23N5OS/c1-14-4-9-18(26-14)13-22-19(20-2)21-12-15-10-11-24(23-15)16-5-7-17(25-3)8-6-16/h4-11H,12-13H2,1-3H3,(H2,20,21,22). The second kappa shape index (κ2) is 8.53. The van der Waals surface area contributed by atoms with Crippen molar-refractivity contribution in [1.82, 2.24) is 20.4 Å². The quantitative estimate of drug-likeness (QED) is 0.518. The highest BCUT2D eigenvalue weighted by Gasteiger charge is 2.04. The van der Waals surface area contributed by atoms with E-state index in [9.17, 15) is 0 Å². The number of aliphatic imine (C=N–C) groups is 1. The number of hydrogen-bond acceptors (Lipinski definition) is 4. The summed E-state index contributed by atoms with van der Waals surface area (Å²) >= 11 is 1.79. The number of nitrogens with zero attached hydrogens (tertiary/aromatic N) is 3. The van der Waals surface area contributed by atoms with Gasteiger partial charge in [0.05, 0.1) is 31.6 Å². The van der Waals surface area contributed by atoms with Crippen molar-refractivity contribution in [3.05, 3.63) is 64.1 Å². The van der Waals surface area contributed by atoms with Gasteiger partial charge in [-0.15, -0.1) is 11.3 Å². The zero-order chi connectivity index (χ0) is 18.4. The van der Waals surface area contributed by atoms with E-state index < -0.39 is 0 Å². The molecule has 0 aliphatic carbocycles. The van der Waals surface area contributed by atoms with Crippen LogP contribution in [0.4, 0.5) is 0 Å². The Labute approximate surface area is 157 Å².